The molecule has 12 heavy (non-hydrogen) atoms. The number of hydrogen-bond donors (Lipinski definition) is 0. The van der Waals surface area contributed by atoms with Crippen molar-refractivity contribution >= 4 is 15.9 Å². The lowest BCUT2D eigenvalue weighted by Crippen LogP contribution is -2.02. The molecule has 0 radical (unpaired) electrons. The van der Waals surface area contributed by atoms with Crippen LogP contribution in [0.4, 0.5) is 4.39 Å². The van der Waals surface area contributed by atoms with E-state index in [2.05, 4.69) is 26.1 Å². The third-order valence-corrected chi connectivity index (χ3v) is 2.23. The standard InChI is InChI=1S/C8H10BrFN2/c1-4(2)6-7(10)5(3)11-12-8(6)9/h4H,1-3H3. The summed E-state index contributed by atoms with van der Waals surface area (Å²) in [6.45, 7) is 5.45. The monoisotopic (exact) mass is 232 g/mol. The molecule has 0 amide bonds. The first-order valence-corrected chi connectivity index (χ1v) is 4.51. The lowest BCUT2D eigenvalue weighted by Gasteiger charge is -2.08. The smallest absolute Gasteiger partial charge is 0.152 e. The van der Waals surface area contributed by atoms with E-state index in [-0.39, 0.29) is 11.7 Å². The van der Waals surface area contributed by atoms with E-state index in [0.29, 0.717) is 15.9 Å². The summed E-state index contributed by atoms with van der Waals surface area (Å²) in [5.74, 6) is -0.138. The van der Waals surface area contributed by atoms with Gasteiger partial charge in [-0.15, -0.1) is 5.10 Å². The molecule has 0 aliphatic heterocycles. The molecule has 0 fully saturated rings. The second-order valence-corrected chi connectivity index (χ2v) is 3.71. The van der Waals surface area contributed by atoms with E-state index < -0.39 is 0 Å². The van der Waals surface area contributed by atoms with E-state index in [4.69, 9.17) is 0 Å². The summed E-state index contributed by atoms with van der Waals surface area (Å²) in [6.07, 6.45) is 0. The molecular weight excluding hydrogens is 223 g/mol. The Balaban J connectivity index is 3.33. The van der Waals surface area contributed by atoms with Gasteiger partial charge < -0.3 is 0 Å². The molecule has 1 heterocycles. The molecular formula is C8H10BrFN2. The van der Waals surface area contributed by atoms with E-state index in [0.717, 1.165) is 0 Å². The predicted octanol–water partition coefficient (Wildman–Crippen LogP) is 2.81. The molecule has 4 heteroatoms. The van der Waals surface area contributed by atoms with Crippen molar-refractivity contribution in [2.24, 2.45) is 0 Å². The number of nitrogens with zero attached hydrogens (tertiary/aromatic N) is 2. The van der Waals surface area contributed by atoms with Gasteiger partial charge in [-0.1, -0.05) is 13.8 Å². The molecule has 0 atom stereocenters. The van der Waals surface area contributed by atoms with E-state index in [1.807, 2.05) is 13.8 Å². The first-order chi connectivity index (χ1) is 5.54. The molecule has 0 spiro atoms. The highest BCUT2D eigenvalue weighted by Gasteiger charge is 2.14. The zero-order chi connectivity index (χ0) is 9.30. The van der Waals surface area contributed by atoms with E-state index in [1.165, 1.54) is 0 Å². The average Bonchev–Trinajstić information content (AvgIpc) is 1.97. The van der Waals surface area contributed by atoms with Crippen molar-refractivity contribution in [2.75, 3.05) is 0 Å². The van der Waals surface area contributed by atoms with Crippen molar-refractivity contribution in [3.05, 3.63) is 21.7 Å². The van der Waals surface area contributed by atoms with Crippen LogP contribution in [0.1, 0.15) is 31.0 Å². The number of aromatic nitrogens is 2. The molecule has 66 valence electrons. The fourth-order valence-corrected chi connectivity index (χ4v) is 1.70. The Kier molecular flexibility index (Phi) is 2.77. The third-order valence-electron chi connectivity index (χ3n) is 1.64. The van der Waals surface area contributed by atoms with Gasteiger partial charge in [0.2, 0.25) is 0 Å². The minimum absolute atomic E-state index is 0.119. The Morgan fingerprint density at radius 3 is 2.33 bits per heavy atom. The lowest BCUT2D eigenvalue weighted by molar-refractivity contribution is 0.568. The highest BCUT2D eigenvalue weighted by Crippen LogP contribution is 2.25. The second kappa shape index (κ2) is 3.47. The van der Waals surface area contributed by atoms with E-state index >= 15 is 0 Å². The summed E-state index contributed by atoms with van der Waals surface area (Å²) in [5, 5.41) is 7.44. The predicted molar refractivity (Wildman–Crippen MR) is 48.5 cm³/mol. The molecule has 0 saturated carbocycles. The Morgan fingerprint density at radius 2 is 1.92 bits per heavy atom. The first-order valence-electron chi connectivity index (χ1n) is 3.72. The van der Waals surface area contributed by atoms with Crippen LogP contribution >= 0.6 is 15.9 Å². The van der Waals surface area contributed by atoms with Crippen LogP contribution in [-0.4, -0.2) is 10.2 Å². The fraction of sp³-hybridized carbons (Fsp3) is 0.500. The molecule has 0 saturated heterocycles. The van der Waals surface area contributed by atoms with Crippen molar-refractivity contribution in [3.63, 3.8) is 0 Å². The summed E-state index contributed by atoms with van der Waals surface area (Å²) in [6, 6.07) is 0. The minimum atomic E-state index is -0.258. The molecule has 1 aromatic rings. The maximum atomic E-state index is 13.4. The molecule has 0 bridgehead atoms. The van der Waals surface area contributed by atoms with Gasteiger partial charge in [-0.2, -0.15) is 5.10 Å². The first kappa shape index (κ1) is 9.58. The maximum Gasteiger partial charge on any atom is 0.152 e. The van der Waals surface area contributed by atoms with Crippen LogP contribution in [0.5, 0.6) is 0 Å². The maximum absolute atomic E-state index is 13.4. The van der Waals surface area contributed by atoms with Crippen LogP contribution in [0.3, 0.4) is 0 Å². The van der Waals surface area contributed by atoms with Crippen LogP contribution in [0, 0.1) is 12.7 Å². The van der Waals surface area contributed by atoms with Crippen molar-refractivity contribution in [2.45, 2.75) is 26.7 Å². The topological polar surface area (TPSA) is 25.8 Å². The third kappa shape index (κ3) is 1.63. The van der Waals surface area contributed by atoms with Crippen molar-refractivity contribution in [1.82, 2.24) is 10.2 Å². The number of aryl methyl sites for hydroxylation is 1. The van der Waals surface area contributed by atoms with Crippen molar-refractivity contribution in [3.8, 4) is 0 Å². The average molecular weight is 233 g/mol. The Morgan fingerprint density at radius 1 is 1.33 bits per heavy atom. The largest absolute Gasteiger partial charge is 0.205 e. The quantitative estimate of drug-likeness (QED) is 0.745. The van der Waals surface area contributed by atoms with Gasteiger partial charge in [0.1, 0.15) is 4.60 Å². The number of rotatable bonds is 1. The van der Waals surface area contributed by atoms with Crippen molar-refractivity contribution in [1.29, 1.82) is 0 Å². The summed E-state index contributed by atoms with van der Waals surface area (Å²) < 4.78 is 13.9. The zero-order valence-corrected chi connectivity index (χ0v) is 8.81. The molecule has 0 aromatic carbocycles. The lowest BCUT2D eigenvalue weighted by atomic mass is 10.1. The fourth-order valence-electron chi connectivity index (χ4n) is 0.994. The van der Waals surface area contributed by atoms with Gasteiger partial charge in [-0.25, -0.2) is 4.39 Å². The normalized spacial score (nSPS) is 10.8. The summed E-state index contributed by atoms with van der Waals surface area (Å²) in [7, 11) is 0. The molecule has 1 aromatic heterocycles. The minimum Gasteiger partial charge on any atom is -0.205 e. The molecule has 0 unspecified atom stereocenters. The van der Waals surface area contributed by atoms with Crippen molar-refractivity contribution < 1.29 is 4.39 Å². The van der Waals surface area contributed by atoms with Gasteiger partial charge in [0, 0.05) is 5.56 Å². The van der Waals surface area contributed by atoms with Gasteiger partial charge in [-0.3, -0.25) is 0 Å². The van der Waals surface area contributed by atoms with Crippen LogP contribution in [0.15, 0.2) is 4.60 Å². The Bertz CT molecular complexity index is 299. The molecule has 2 nitrogen and oxygen atoms in total. The van der Waals surface area contributed by atoms with Gasteiger partial charge in [-0.05, 0) is 28.8 Å². The van der Waals surface area contributed by atoms with Gasteiger partial charge in [0.25, 0.3) is 0 Å². The zero-order valence-electron chi connectivity index (χ0n) is 7.23. The molecule has 0 aliphatic carbocycles. The van der Waals surface area contributed by atoms with Crippen LogP contribution in [0.25, 0.3) is 0 Å². The van der Waals surface area contributed by atoms with Gasteiger partial charge in [0.15, 0.2) is 5.82 Å². The van der Waals surface area contributed by atoms with Crippen LogP contribution in [-0.2, 0) is 0 Å². The molecule has 0 aliphatic rings. The highest BCUT2D eigenvalue weighted by molar-refractivity contribution is 9.10. The molecule has 0 N–H and O–H groups in total. The highest BCUT2D eigenvalue weighted by atomic mass is 79.9. The summed E-state index contributed by atoms with van der Waals surface area (Å²) >= 11 is 3.17. The van der Waals surface area contributed by atoms with Crippen LogP contribution in [0.2, 0.25) is 0 Å². The van der Waals surface area contributed by atoms with E-state index in [1.54, 1.807) is 6.92 Å². The second-order valence-electron chi connectivity index (χ2n) is 2.96. The Hall–Kier alpha value is -0.510. The van der Waals surface area contributed by atoms with Gasteiger partial charge >= 0.3 is 0 Å². The van der Waals surface area contributed by atoms with E-state index in [9.17, 15) is 4.39 Å². The Labute approximate surface area is 79.3 Å². The molecule has 1 rings (SSSR count). The number of hydrogen-bond acceptors (Lipinski definition) is 2. The number of halogens is 2. The summed E-state index contributed by atoms with van der Waals surface area (Å²) in [5.41, 5.74) is 0.949. The summed E-state index contributed by atoms with van der Waals surface area (Å²) in [4.78, 5) is 0. The van der Waals surface area contributed by atoms with Gasteiger partial charge in [0.05, 0.1) is 5.69 Å². The SMILES string of the molecule is Cc1nnc(Br)c(C(C)C)c1F. The van der Waals surface area contributed by atoms with Crippen LogP contribution < -0.4 is 0 Å².